The third kappa shape index (κ3) is 8.40. The molecule has 1 saturated heterocycles. The second kappa shape index (κ2) is 10.9. The van der Waals surface area contributed by atoms with Crippen molar-refractivity contribution in [2.75, 3.05) is 26.6 Å². The van der Waals surface area contributed by atoms with Gasteiger partial charge in [-0.3, -0.25) is 23.4 Å². The predicted molar refractivity (Wildman–Crippen MR) is 103 cm³/mol. The fourth-order valence-corrected chi connectivity index (χ4v) is 3.63. The van der Waals surface area contributed by atoms with Crippen LogP contribution in [0.15, 0.2) is 0 Å². The topological polar surface area (TPSA) is 150 Å². The number of hydrogen-bond acceptors (Lipinski definition) is 10. The average molecular weight is 448 g/mol. The smallest absolute Gasteiger partial charge is 0.465 e. The van der Waals surface area contributed by atoms with Gasteiger partial charge in [0.1, 0.15) is 6.61 Å². The van der Waals surface area contributed by atoms with Crippen LogP contribution in [-0.4, -0.2) is 50.5 Å². The van der Waals surface area contributed by atoms with E-state index in [4.69, 9.17) is 28.3 Å². The Balaban J connectivity index is 2.57. The lowest BCUT2D eigenvalue weighted by atomic mass is 9.87. The van der Waals surface area contributed by atoms with Crippen molar-refractivity contribution in [3.63, 3.8) is 0 Å². The molecule has 0 saturated carbocycles. The van der Waals surface area contributed by atoms with Gasteiger partial charge in [-0.2, -0.15) is 5.26 Å². The summed E-state index contributed by atoms with van der Waals surface area (Å²) in [6, 6.07) is 1.84. The summed E-state index contributed by atoms with van der Waals surface area (Å²) < 4.78 is 37.8. The lowest BCUT2D eigenvalue weighted by Gasteiger charge is -2.39. The normalized spacial score (nSPS) is 23.1. The Labute approximate surface area is 175 Å². The lowest BCUT2D eigenvalue weighted by Crippen LogP contribution is -2.50. The van der Waals surface area contributed by atoms with Crippen molar-refractivity contribution in [2.45, 2.75) is 53.6 Å². The number of phosphoric acid groups is 1. The van der Waals surface area contributed by atoms with Crippen molar-refractivity contribution in [3.8, 4) is 6.07 Å². The molecular weight excluding hydrogens is 419 g/mol. The maximum atomic E-state index is 12.7. The van der Waals surface area contributed by atoms with Crippen LogP contribution in [0, 0.1) is 22.2 Å². The van der Waals surface area contributed by atoms with Crippen LogP contribution in [0.2, 0.25) is 0 Å². The summed E-state index contributed by atoms with van der Waals surface area (Å²) in [5.41, 5.74) is -1.61. The van der Waals surface area contributed by atoms with Gasteiger partial charge in [0.05, 0.1) is 30.9 Å². The van der Waals surface area contributed by atoms with Crippen LogP contribution in [0.4, 0.5) is 0 Å². The number of carbonyl (C=O) groups is 3. The number of phosphoric ester groups is 1. The van der Waals surface area contributed by atoms with Crippen molar-refractivity contribution in [1.29, 1.82) is 5.26 Å². The summed E-state index contributed by atoms with van der Waals surface area (Å²) in [5, 5.41) is 10.9. The highest BCUT2D eigenvalue weighted by Gasteiger charge is 2.49. The molecular formula is C18H29N2O9P. The summed E-state index contributed by atoms with van der Waals surface area (Å²) in [6.45, 7) is 7.48. The zero-order valence-corrected chi connectivity index (χ0v) is 18.8. The lowest BCUT2D eigenvalue weighted by molar-refractivity contribution is -0.163. The van der Waals surface area contributed by atoms with Crippen molar-refractivity contribution < 1.29 is 42.0 Å². The van der Waals surface area contributed by atoms with Crippen LogP contribution in [0.5, 0.6) is 0 Å². The average Bonchev–Trinajstić information content (AvgIpc) is 2.63. The van der Waals surface area contributed by atoms with Gasteiger partial charge in [-0.15, -0.1) is 0 Å². The molecule has 0 aromatic rings. The molecule has 1 rings (SSSR count). The van der Waals surface area contributed by atoms with Gasteiger partial charge in [0.15, 0.2) is 6.10 Å². The fourth-order valence-electron chi connectivity index (χ4n) is 2.12. The van der Waals surface area contributed by atoms with Crippen molar-refractivity contribution >= 4 is 25.7 Å². The van der Waals surface area contributed by atoms with E-state index in [1.807, 2.05) is 6.07 Å². The Hall–Kier alpha value is -1.99. The minimum atomic E-state index is -4.14. The van der Waals surface area contributed by atoms with Gasteiger partial charge in [-0.25, -0.2) is 9.09 Å². The molecule has 0 spiro atoms. The first-order chi connectivity index (χ1) is 13.8. The molecule has 0 aliphatic carbocycles. The van der Waals surface area contributed by atoms with Crippen LogP contribution in [0.3, 0.4) is 0 Å². The van der Waals surface area contributed by atoms with E-state index >= 15 is 0 Å². The molecule has 12 heteroatoms. The van der Waals surface area contributed by atoms with E-state index in [-0.39, 0.29) is 32.6 Å². The van der Waals surface area contributed by atoms with Gasteiger partial charge < -0.3 is 14.8 Å². The van der Waals surface area contributed by atoms with E-state index < -0.39 is 49.4 Å². The second-order valence-corrected chi connectivity index (χ2v) is 9.91. The van der Waals surface area contributed by atoms with E-state index in [1.165, 1.54) is 0 Å². The summed E-state index contributed by atoms with van der Waals surface area (Å²) >= 11 is 0. The monoisotopic (exact) mass is 448 g/mol. The number of esters is 2. The molecule has 1 heterocycles. The molecule has 0 radical (unpaired) electrons. The maximum Gasteiger partial charge on any atom is 0.478 e. The summed E-state index contributed by atoms with van der Waals surface area (Å²) in [4.78, 5) is 35.8. The Morgan fingerprint density at radius 2 is 1.93 bits per heavy atom. The largest absolute Gasteiger partial charge is 0.478 e. The first kappa shape index (κ1) is 26.0. The maximum absolute atomic E-state index is 12.7. The standard InChI is InChI=1S/C18H29N2O9P/c1-17(2,3)16(23)26-12-28-30(24)27-11-18(4,5)14(29-30)15(22)20-9-7-13(21)25-10-6-8-19/h14H,6-7,9-12H2,1-5H3,(H,20,22)/t14-,30?/m0/s1. The highest BCUT2D eigenvalue weighted by Crippen LogP contribution is 2.57. The Kier molecular flexibility index (Phi) is 9.43. The molecule has 1 unspecified atom stereocenters. The van der Waals surface area contributed by atoms with Crippen LogP contribution >= 0.6 is 7.82 Å². The minimum Gasteiger partial charge on any atom is -0.465 e. The third-order valence-corrected chi connectivity index (χ3v) is 5.23. The molecule has 0 aromatic carbocycles. The molecule has 1 N–H and O–H groups in total. The number of hydrogen-bond donors (Lipinski definition) is 1. The molecule has 1 fully saturated rings. The molecule has 0 bridgehead atoms. The Bertz CT molecular complexity index is 724. The minimum absolute atomic E-state index is 0.0142. The molecule has 30 heavy (non-hydrogen) atoms. The molecule has 2 atom stereocenters. The molecule has 0 aromatic heterocycles. The van der Waals surface area contributed by atoms with Gasteiger partial charge in [-0.1, -0.05) is 13.8 Å². The van der Waals surface area contributed by atoms with Crippen LogP contribution in [0.25, 0.3) is 0 Å². The zero-order chi connectivity index (χ0) is 23.0. The quantitative estimate of drug-likeness (QED) is 0.240. The molecule has 1 amide bonds. The van der Waals surface area contributed by atoms with Crippen LogP contribution in [0.1, 0.15) is 47.5 Å². The number of nitrogens with zero attached hydrogens (tertiary/aromatic N) is 1. The third-order valence-electron chi connectivity index (χ3n) is 3.90. The molecule has 1 aliphatic rings. The fraction of sp³-hybridized carbons (Fsp3) is 0.778. The van der Waals surface area contributed by atoms with Gasteiger partial charge in [0.2, 0.25) is 12.7 Å². The number of carbonyl (C=O) groups excluding carboxylic acids is 3. The van der Waals surface area contributed by atoms with Gasteiger partial charge in [0, 0.05) is 12.0 Å². The summed E-state index contributed by atoms with van der Waals surface area (Å²) in [7, 11) is -4.14. The number of amides is 1. The highest BCUT2D eigenvalue weighted by atomic mass is 31.2. The Morgan fingerprint density at radius 3 is 2.53 bits per heavy atom. The zero-order valence-electron chi connectivity index (χ0n) is 17.9. The summed E-state index contributed by atoms with van der Waals surface area (Å²) in [6.07, 6.45) is -1.20. The predicted octanol–water partition coefficient (Wildman–Crippen LogP) is 2.06. The van der Waals surface area contributed by atoms with Crippen LogP contribution < -0.4 is 5.32 Å². The van der Waals surface area contributed by atoms with Gasteiger partial charge in [-0.05, 0) is 20.8 Å². The molecule has 11 nitrogen and oxygen atoms in total. The molecule has 170 valence electrons. The van der Waals surface area contributed by atoms with Gasteiger partial charge >= 0.3 is 19.8 Å². The van der Waals surface area contributed by atoms with Crippen molar-refractivity contribution in [3.05, 3.63) is 0 Å². The highest BCUT2D eigenvalue weighted by molar-refractivity contribution is 7.48. The first-order valence-electron chi connectivity index (χ1n) is 9.36. The van der Waals surface area contributed by atoms with Crippen LogP contribution in [-0.2, 0) is 42.0 Å². The number of ether oxygens (including phenoxy) is 2. The van der Waals surface area contributed by atoms with E-state index in [2.05, 4.69) is 5.32 Å². The van der Waals surface area contributed by atoms with Crippen molar-refractivity contribution in [1.82, 2.24) is 5.32 Å². The second-order valence-electron chi connectivity index (χ2n) is 8.29. The SMILES string of the molecule is CC(C)(C)C(=O)OCOP1(=O)OCC(C)(C)[C@H](C(=O)NCCC(=O)OCCC#N)O1. The number of rotatable bonds is 9. The van der Waals surface area contributed by atoms with E-state index in [1.54, 1.807) is 34.6 Å². The Morgan fingerprint density at radius 1 is 1.27 bits per heavy atom. The first-order valence-corrected chi connectivity index (χ1v) is 10.8. The van der Waals surface area contributed by atoms with E-state index in [9.17, 15) is 18.9 Å². The molecule has 1 aliphatic heterocycles. The van der Waals surface area contributed by atoms with Crippen molar-refractivity contribution in [2.24, 2.45) is 10.8 Å². The van der Waals surface area contributed by atoms with E-state index in [0.717, 1.165) is 0 Å². The number of nitriles is 1. The van der Waals surface area contributed by atoms with Gasteiger partial charge in [0.25, 0.3) is 0 Å². The van der Waals surface area contributed by atoms with E-state index in [0.29, 0.717) is 0 Å². The number of nitrogens with one attached hydrogen (secondary N) is 1. The summed E-state index contributed by atoms with van der Waals surface area (Å²) in [5.74, 6) is -1.74.